The van der Waals surface area contributed by atoms with Crippen molar-refractivity contribution in [2.24, 2.45) is 56.7 Å². The summed E-state index contributed by atoms with van der Waals surface area (Å²) < 4.78 is 26.6. The minimum atomic E-state index is -1.01. The predicted molar refractivity (Wildman–Crippen MR) is 199 cm³/mol. The van der Waals surface area contributed by atoms with Gasteiger partial charge in [-0.2, -0.15) is 0 Å². The lowest BCUT2D eigenvalue weighted by molar-refractivity contribution is -0.256. The van der Waals surface area contributed by atoms with Gasteiger partial charge in [-0.1, -0.05) is 34.6 Å². The molecule has 3 aliphatic heterocycles. The molecule has 8 aliphatic rings. The monoisotopic (exact) mass is 715 g/mol. The highest BCUT2D eigenvalue weighted by atomic mass is 16.7. The topological polar surface area (TPSA) is 83.9 Å². The third-order valence-corrected chi connectivity index (χ3v) is 18.4. The van der Waals surface area contributed by atoms with Gasteiger partial charge in [0.1, 0.15) is 6.10 Å². The first-order chi connectivity index (χ1) is 23.8. The molecule has 3 heterocycles. The molecular formula is C43H74N2O6. The maximum absolute atomic E-state index is 12.7. The van der Waals surface area contributed by atoms with E-state index in [0.29, 0.717) is 47.0 Å². The molecule has 5 aliphatic carbocycles. The average Bonchev–Trinajstić information content (AvgIpc) is 3.67. The van der Waals surface area contributed by atoms with Crippen LogP contribution in [0.4, 0.5) is 0 Å². The summed E-state index contributed by atoms with van der Waals surface area (Å²) in [6, 6.07) is 0. The van der Waals surface area contributed by atoms with Gasteiger partial charge in [0.25, 0.3) is 0 Å². The lowest BCUT2D eigenvalue weighted by atomic mass is 9.41. The van der Waals surface area contributed by atoms with Crippen LogP contribution in [0.25, 0.3) is 0 Å². The second kappa shape index (κ2) is 12.1. The second-order valence-electron chi connectivity index (χ2n) is 21.5. The fourth-order valence-corrected chi connectivity index (χ4v) is 15.5. The molecule has 0 aromatic carbocycles. The van der Waals surface area contributed by atoms with E-state index in [0.717, 1.165) is 32.5 Å². The van der Waals surface area contributed by atoms with Crippen molar-refractivity contribution in [1.29, 1.82) is 0 Å². The first-order valence-corrected chi connectivity index (χ1v) is 21.2. The van der Waals surface area contributed by atoms with E-state index >= 15 is 0 Å². The Labute approximate surface area is 310 Å². The van der Waals surface area contributed by atoms with Crippen molar-refractivity contribution < 1.29 is 29.2 Å². The Morgan fingerprint density at radius 1 is 0.941 bits per heavy atom. The Kier molecular flexibility index (Phi) is 8.91. The summed E-state index contributed by atoms with van der Waals surface area (Å²) in [7, 11) is 2.23. The van der Waals surface area contributed by atoms with Crippen molar-refractivity contribution in [2.75, 3.05) is 46.4 Å². The van der Waals surface area contributed by atoms with Crippen molar-refractivity contribution in [3.8, 4) is 0 Å². The molecule has 8 rings (SSSR count). The lowest BCUT2D eigenvalue weighted by Crippen LogP contribution is -2.64. The minimum absolute atomic E-state index is 0.0204. The van der Waals surface area contributed by atoms with Crippen LogP contribution in [0.2, 0.25) is 0 Å². The molecule has 14 atom stereocenters. The Bertz CT molecular complexity index is 1330. The molecule has 2 N–H and O–H groups in total. The highest BCUT2D eigenvalue weighted by Gasteiger charge is 2.84. The van der Waals surface area contributed by atoms with E-state index in [9.17, 15) is 10.2 Å². The van der Waals surface area contributed by atoms with Crippen LogP contribution < -0.4 is 0 Å². The van der Waals surface area contributed by atoms with Crippen LogP contribution in [-0.2, 0) is 18.9 Å². The fraction of sp³-hybridized carbons (Fsp3) is 1.00. The number of fused-ring (bicyclic) bond motifs is 4. The number of likely N-dealkylation sites (tertiary alicyclic amines) is 1. The van der Waals surface area contributed by atoms with Gasteiger partial charge in [0.2, 0.25) is 0 Å². The van der Waals surface area contributed by atoms with E-state index in [4.69, 9.17) is 18.9 Å². The fourth-order valence-electron chi connectivity index (χ4n) is 15.5. The molecule has 8 nitrogen and oxygen atoms in total. The number of nitrogens with zero attached hydrogens (tertiary/aromatic N) is 2. The molecule has 3 saturated heterocycles. The summed E-state index contributed by atoms with van der Waals surface area (Å²) >= 11 is 0. The standard InChI is InChI=1S/C43H74N2O6/c1-12-48-36(39(7,8)47)28-21-26(2)33-34(50-28)35(46)41(10)30-14-13-29-37(3,4)31(15-16-42(29)25-43(30,42)18-17-40(33,41)9)51-32-24-45(19-20-49-32)38(5,6)27-22-44(11)23-27/h26-36,46-47H,12-25H2,1-11H3/t26-,28-,29+,30+,31+,32+,33+,34+,35+,36+,40-,41-,42-,43+/m1/s1. The van der Waals surface area contributed by atoms with Crippen LogP contribution >= 0.6 is 0 Å². The van der Waals surface area contributed by atoms with Gasteiger partial charge >= 0.3 is 0 Å². The van der Waals surface area contributed by atoms with Gasteiger partial charge in [-0.25, -0.2) is 0 Å². The quantitative estimate of drug-likeness (QED) is 0.301. The first-order valence-electron chi connectivity index (χ1n) is 21.2. The number of ether oxygens (including phenoxy) is 4. The molecule has 5 saturated carbocycles. The van der Waals surface area contributed by atoms with Crippen LogP contribution in [0, 0.1) is 56.7 Å². The molecule has 0 amide bonds. The van der Waals surface area contributed by atoms with E-state index in [1.807, 2.05) is 20.8 Å². The minimum Gasteiger partial charge on any atom is -0.390 e. The molecule has 8 heteroatoms. The molecule has 8 fully saturated rings. The van der Waals surface area contributed by atoms with E-state index in [-0.39, 0.29) is 46.4 Å². The summed E-state index contributed by atoms with van der Waals surface area (Å²) in [5, 5.41) is 23.8. The maximum atomic E-state index is 12.7. The molecule has 0 aromatic heterocycles. The van der Waals surface area contributed by atoms with E-state index in [1.165, 1.54) is 51.6 Å². The summed E-state index contributed by atoms with van der Waals surface area (Å²) in [4.78, 5) is 5.08. The van der Waals surface area contributed by atoms with Gasteiger partial charge in [-0.05, 0) is 138 Å². The molecule has 292 valence electrons. The largest absolute Gasteiger partial charge is 0.390 e. The van der Waals surface area contributed by atoms with E-state index < -0.39 is 17.8 Å². The van der Waals surface area contributed by atoms with Crippen molar-refractivity contribution in [3.63, 3.8) is 0 Å². The average molecular weight is 715 g/mol. The molecule has 2 spiro atoms. The van der Waals surface area contributed by atoms with Gasteiger partial charge < -0.3 is 34.1 Å². The number of morpholine rings is 1. The van der Waals surface area contributed by atoms with Crippen LogP contribution in [-0.4, -0.2) is 114 Å². The first kappa shape index (κ1) is 37.6. The van der Waals surface area contributed by atoms with Gasteiger partial charge in [-0.3, -0.25) is 4.90 Å². The predicted octanol–water partition coefficient (Wildman–Crippen LogP) is 6.36. The van der Waals surface area contributed by atoms with Crippen molar-refractivity contribution >= 4 is 0 Å². The molecule has 0 aromatic rings. The molecule has 0 unspecified atom stereocenters. The second-order valence-corrected chi connectivity index (χ2v) is 21.5. The smallest absolute Gasteiger partial charge is 0.170 e. The van der Waals surface area contributed by atoms with Crippen molar-refractivity contribution in [1.82, 2.24) is 9.80 Å². The summed E-state index contributed by atoms with van der Waals surface area (Å²) in [5.74, 6) is 2.54. The van der Waals surface area contributed by atoms with Gasteiger partial charge in [0, 0.05) is 43.1 Å². The maximum Gasteiger partial charge on any atom is 0.170 e. The SMILES string of the molecule is CCO[C@@H]([C@H]1C[C@@H](C)[C@H]2[C@H](O1)[C@H](O)[C@@]1(C)[C@@H]3CC[C@H]4C(C)(C)[C@@H](O[C@H]5CN(C(C)(C)C6CN(C)C6)CCO5)CC[C@@]45C[C@@]35CC[C@]21C)C(C)(C)O. The van der Waals surface area contributed by atoms with Crippen LogP contribution in [0.3, 0.4) is 0 Å². The zero-order valence-corrected chi connectivity index (χ0v) is 34.2. The Morgan fingerprint density at radius 2 is 1.63 bits per heavy atom. The zero-order chi connectivity index (χ0) is 36.7. The normalized spacial score (nSPS) is 50.6. The van der Waals surface area contributed by atoms with Crippen molar-refractivity contribution in [3.05, 3.63) is 0 Å². The van der Waals surface area contributed by atoms with Crippen LogP contribution in [0.15, 0.2) is 0 Å². The number of aliphatic hydroxyl groups is 2. The number of aliphatic hydroxyl groups excluding tert-OH is 1. The number of rotatable bonds is 8. The molecule has 0 bridgehead atoms. The van der Waals surface area contributed by atoms with Gasteiger partial charge in [0.05, 0.1) is 43.2 Å². The highest BCUT2D eigenvalue weighted by molar-refractivity contribution is 5.33. The third kappa shape index (κ3) is 5.11. The summed E-state index contributed by atoms with van der Waals surface area (Å²) in [5.41, 5.74) is -0.305. The summed E-state index contributed by atoms with van der Waals surface area (Å²) in [6.45, 7) is 28.4. The van der Waals surface area contributed by atoms with E-state index in [1.54, 1.807) is 0 Å². The number of hydrogen-bond acceptors (Lipinski definition) is 8. The lowest BCUT2D eigenvalue weighted by Gasteiger charge is -2.64. The highest BCUT2D eigenvalue weighted by Crippen LogP contribution is 2.89. The van der Waals surface area contributed by atoms with Crippen LogP contribution in [0.5, 0.6) is 0 Å². The molecular weight excluding hydrogens is 640 g/mol. The van der Waals surface area contributed by atoms with Gasteiger partial charge in [-0.15, -0.1) is 0 Å². The van der Waals surface area contributed by atoms with E-state index in [2.05, 4.69) is 65.3 Å². The number of hydrogen-bond donors (Lipinski definition) is 2. The molecule has 0 radical (unpaired) electrons. The van der Waals surface area contributed by atoms with Crippen LogP contribution in [0.1, 0.15) is 121 Å². The summed E-state index contributed by atoms with van der Waals surface area (Å²) in [6.07, 6.45) is 8.08. The third-order valence-electron chi connectivity index (χ3n) is 18.4. The Balaban J connectivity index is 0.999. The van der Waals surface area contributed by atoms with Crippen molar-refractivity contribution in [2.45, 2.75) is 169 Å². The van der Waals surface area contributed by atoms with Gasteiger partial charge in [0.15, 0.2) is 6.29 Å². The Hall–Kier alpha value is -0.320. The zero-order valence-electron chi connectivity index (χ0n) is 34.2. The Morgan fingerprint density at radius 3 is 2.29 bits per heavy atom. The molecule has 51 heavy (non-hydrogen) atoms.